The van der Waals surface area contributed by atoms with E-state index < -0.39 is 10.0 Å². The predicted octanol–water partition coefficient (Wildman–Crippen LogP) is 1.40. The van der Waals surface area contributed by atoms with Crippen LogP contribution in [0.1, 0.15) is 5.82 Å². The summed E-state index contributed by atoms with van der Waals surface area (Å²) in [5.74, 6) is 0.752. The number of hydrogen-bond donors (Lipinski definition) is 1. The SMILES string of the molecule is COc1ccc(Br)cc1S(=O)(=O)N(C)Cc1ncn[nH]1. The minimum atomic E-state index is -3.69. The molecule has 0 saturated heterocycles. The Hall–Kier alpha value is -1.45. The molecule has 0 bridgehead atoms. The number of aromatic nitrogens is 3. The van der Waals surface area contributed by atoms with E-state index in [1.807, 2.05) is 0 Å². The van der Waals surface area contributed by atoms with E-state index in [4.69, 9.17) is 4.74 Å². The maximum absolute atomic E-state index is 12.6. The van der Waals surface area contributed by atoms with Gasteiger partial charge in [0.15, 0.2) is 0 Å². The molecular formula is C11H13BrN4O3S. The number of methoxy groups -OCH3 is 1. The molecule has 0 aliphatic heterocycles. The maximum Gasteiger partial charge on any atom is 0.246 e. The van der Waals surface area contributed by atoms with Gasteiger partial charge in [-0.25, -0.2) is 13.4 Å². The zero-order valence-electron chi connectivity index (χ0n) is 10.9. The second-order valence-corrected chi connectivity index (χ2v) is 6.92. The van der Waals surface area contributed by atoms with Crippen molar-refractivity contribution in [1.29, 1.82) is 0 Å². The largest absolute Gasteiger partial charge is 0.495 e. The van der Waals surface area contributed by atoms with Gasteiger partial charge in [0.2, 0.25) is 10.0 Å². The molecule has 1 heterocycles. The Morgan fingerprint density at radius 3 is 2.80 bits per heavy atom. The summed E-state index contributed by atoms with van der Waals surface area (Å²) in [7, 11) is -0.790. The van der Waals surface area contributed by atoms with Crippen LogP contribution in [0.4, 0.5) is 0 Å². The van der Waals surface area contributed by atoms with Crippen molar-refractivity contribution >= 4 is 26.0 Å². The number of aromatic amines is 1. The minimum absolute atomic E-state index is 0.0939. The molecule has 9 heteroatoms. The van der Waals surface area contributed by atoms with Crippen LogP contribution in [0.25, 0.3) is 0 Å². The first-order chi connectivity index (χ1) is 9.45. The van der Waals surface area contributed by atoms with Gasteiger partial charge in [0.05, 0.1) is 13.7 Å². The third-order valence-corrected chi connectivity index (χ3v) is 4.97. The van der Waals surface area contributed by atoms with Gasteiger partial charge in [-0.05, 0) is 18.2 Å². The highest BCUT2D eigenvalue weighted by atomic mass is 79.9. The Bertz CT molecular complexity index is 688. The lowest BCUT2D eigenvalue weighted by Crippen LogP contribution is -2.27. The van der Waals surface area contributed by atoms with Crippen molar-refractivity contribution < 1.29 is 13.2 Å². The topological polar surface area (TPSA) is 88.2 Å². The molecule has 0 aliphatic rings. The molecule has 20 heavy (non-hydrogen) atoms. The molecule has 2 aromatic rings. The molecule has 0 aliphatic carbocycles. The van der Waals surface area contributed by atoms with E-state index in [1.165, 1.54) is 30.9 Å². The Kier molecular flexibility index (Phi) is 4.41. The van der Waals surface area contributed by atoms with Gasteiger partial charge in [-0.1, -0.05) is 15.9 Å². The lowest BCUT2D eigenvalue weighted by atomic mass is 10.3. The molecule has 7 nitrogen and oxygen atoms in total. The van der Waals surface area contributed by atoms with E-state index in [-0.39, 0.29) is 17.2 Å². The van der Waals surface area contributed by atoms with E-state index in [1.54, 1.807) is 12.1 Å². The van der Waals surface area contributed by atoms with E-state index in [2.05, 4.69) is 31.1 Å². The van der Waals surface area contributed by atoms with Crippen molar-refractivity contribution in [3.63, 3.8) is 0 Å². The molecule has 0 atom stereocenters. The predicted molar refractivity (Wildman–Crippen MR) is 75.7 cm³/mol. The second kappa shape index (κ2) is 5.90. The normalized spacial score (nSPS) is 11.8. The summed E-state index contributed by atoms with van der Waals surface area (Å²) in [6.45, 7) is 0.0952. The van der Waals surface area contributed by atoms with Crippen LogP contribution in [0.2, 0.25) is 0 Å². The number of benzene rings is 1. The Labute approximate surface area is 125 Å². The first kappa shape index (κ1) is 14.9. The fourth-order valence-electron chi connectivity index (χ4n) is 1.62. The van der Waals surface area contributed by atoms with Gasteiger partial charge in [-0.15, -0.1) is 0 Å². The van der Waals surface area contributed by atoms with Gasteiger partial charge < -0.3 is 4.74 Å². The molecule has 0 radical (unpaired) electrons. The molecular weight excluding hydrogens is 348 g/mol. The number of ether oxygens (including phenoxy) is 1. The van der Waals surface area contributed by atoms with Crippen LogP contribution < -0.4 is 4.74 Å². The zero-order valence-corrected chi connectivity index (χ0v) is 13.3. The summed E-state index contributed by atoms with van der Waals surface area (Å²) in [5, 5.41) is 6.31. The van der Waals surface area contributed by atoms with Crippen molar-refractivity contribution in [2.24, 2.45) is 0 Å². The fourth-order valence-corrected chi connectivity index (χ4v) is 3.45. The Balaban J connectivity index is 2.36. The van der Waals surface area contributed by atoms with E-state index in [0.29, 0.717) is 10.3 Å². The highest BCUT2D eigenvalue weighted by Crippen LogP contribution is 2.29. The number of hydrogen-bond acceptors (Lipinski definition) is 5. The van der Waals surface area contributed by atoms with Crippen molar-refractivity contribution in [3.8, 4) is 5.75 Å². The Morgan fingerprint density at radius 2 is 2.20 bits per heavy atom. The standard InChI is InChI=1S/C11H13BrN4O3S/c1-16(6-11-13-7-14-15-11)20(17,18)10-5-8(12)3-4-9(10)19-2/h3-5,7H,6H2,1-2H3,(H,13,14,15). The second-order valence-electron chi connectivity index (χ2n) is 3.99. The molecule has 0 unspecified atom stereocenters. The smallest absolute Gasteiger partial charge is 0.246 e. The van der Waals surface area contributed by atoms with Crippen LogP contribution in [0.15, 0.2) is 33.9 Å². The molecule has 0 spiro atoms. The first-order valence-electron chi connectivity index (χ1n) is 5.59. The summed E-state index contributed by atoms with van der Waals surface area (Å²) >= 11 is 3.26. The summed E-state index contributed by atoms with van der Waals surface area (Å²) in [5.41, 5.74) is 0. The van der Waals surface area contributed by atoms with Crippen LogP contribution in [0, 0.1) is 0 Å². The third kappa shape index (κ3) is 3.00. The summed E-state index contributed by atoms with van der Waals surface area (Å²) in [6.07, 6.45) is 1.33. The summed E-state index contributed by atoms with van der Waals surface area (Å²) in [6, 6.07) is 4.82. The van der Waals surface area contributed by atoms with Gasteiger partial charge in [0.1, 0.15) is 22.8 Å². The number of H-pyrrole nitrogens is 1. The molecule has 0 saturated carbocycles. The van der Waals surface area contributed by atoms with Gasteiger partial charge in [0, 0.05) is 11.5 Å². The van der Waals surface area contributed by atoms with E-state index in [0.717, 1.165) is 0 Å². The van der Waals surface area contributed by atoms with Crippen molar-refractivity contribution in [1.82, 2.24) is 19.5 Å². The average molecular weight is 361 g/mol. The van der Waals surface area contributed by atoms with Crippen LogP contribution >= 0.6 is 15.9 Å². The number of rotatable bonds is 5. The highest BCUT2D eigenvalue weighted by molar-refractivity contribution is 9.10. The molecule has 1 N–H and O–H groups in total. The number of nitrogens with zero attached hydrogens (tertiary/aromatic N) is 3. The molecule has 108 valence electrons. The zero-order chi connectivity index (χ0) is 14.8. The van der Waals surface area contributed by atoms with Crippen molar-refractivity contribution in [2.45, 2.75) is 11.4 Å². The average Bonchev–Trinajstić information content (AvgIpc) is 2.91. The number of nitrogens with one attached hydrogen (secondary N) is 1. The van der Waals surface area contributed by atoms with E-state index in [9.17, 15) is 8.42 Å². The summed E-state index contributed by atoms with van der Waals surface area (Å²) in [4.78, 5) is 4.00. The van der Waals surface area contributed by atoms with Crippen LogP contribution in [0.3, 0.4) is 0 Å². The quantitative estimate of drug-likeness (QED) is 0.870. The maximum atomic E-state index is 12.6. The monoisotopic (exact) mass is 360 g/mol. The van der Waals surface area contributed by atoms with Crippen molar-refractivity contribution in [2.75, 3.05) is 14.2 Å². The number of halogens is 1. The van der Waals surface area contributed by atoms with Gasteiger partial charge >= 0.3 is 0 Å². The van der Waals surface area contributed by atoms with Gasteiger partial charge in [-0.3, -0.25) is 5.10 Å². The molecule has 2 rings (SSSR count). The molecule has 1 aromatic heterocycles. The van der Waals surface area contributed by atoms with Gasteiger partial charge in [-0.2, -0.15) is 9.40 Å². The fraction of sp³-hybridized carbons (Fsp3) is 0.273. The van der Waals surface area contributed by atoms with Crippen LogP contribution in [0.5, 0.6) is 5.75 Å². The van der Waals surface area contributed by atoms with Crippen LogP contribution in [-0.2, 0) is 16.6 Å². The molecule has 1 aromatic carbocycles. The third-order valence-electron chi connectivity index (χ3n) is 2.65. The highest BCUT2D eigenvalue weighted by Gasteiger charge is 2.25. The van der Waals surface area contributed by atoms with Crippen molar-refractivity contribution in [3.05, 3.63) is 34.8 Å². The Morgan fingerprint density at radius 1 is 1.45 bits per heavy atom. The summed E-state index contributed by atoms with van der Waals surface area (Å²) < 4.78 is 32.1. The lowest BCUT2D eigenvalue weighted by molar-refractivity contribution is 0.396. The molecule has 0 amide bonds. The minimum Gasteiger partial charge on any atom is -0.495 e. The van der Waals surface area contributed by atoms with Gasteiger partial charge in [0.25, 0.3) is 0 Å². The molecule has 0 fully saturated rings. The van der Waals surface area contributed by atoms with Crippen LogP contribution in [-0.4, -0.2) is 42.1 Å². The lowest BCUT2D eigenvalue weighted by Gasteiger charge is -2.17. The number of sulfonamides is 1. The van der Waals surface area contributed by atoms with E-state index >= 15 is 0 Å². The first-order valence-corrected chi connectivity index (χ1v) is 7.82.